The lowest BCUT2D eigenvalue weighted by atomic mass is 10.2. The van der Waals surface area contributed by atoms with Gasteiger partial charge in [0, 0.05) is 26.3 Å². The van der Waals surface area contributed by atoms with Crippen LogP contribution < -0.4 is 20.7 Å². The number of aromatic nitrogens is 1. The molecule has 0 bridgehead atoms. The van der Waals surface area contributed by atoms with Crippen LogP contribution in [0, 0.1) is 0 Å². The Kier molecular flexibility index (Phi) is 10.4. The second kappa shape index (κ2) is 12.3. The molecule has 2 rings (SSSR count). The Bertz CT molecular complexity index is 729. The normalized spacial score (nSPS) is 11.4. The summed E-state index contributed by atoms with van der Waals surface area (Å²) in [4.78, 5) is 7.80. The van der Waals surface area contributed by atoms with Crippen molar-refractivity contribution in [2.24, 2.45) is 4.99 Å². The van der Waals surface area contributed by atoms with Gasteiger partial charge in [-0.15, -0.1) is 24.0 Å². The van der Waals surface area contributed by atoms with Gasteiger partial charge in [-0.05, 0) is 24.3 Å². The average molecular weight is 509 g/mol. The summed E-state index contributed by atoms with van der Waals surface area (Å²) in [6.45, 7) is 1.60. The minimum atomic E-state index is -4.44. The molecule has 0 atom stereocenters. The van der Waals surface area contributed by atoms with E-state index in [2.05, 4.69) is 25.9 Å². The van der Waals surface area contributed by atoms with Crippen molar-refractivity contribution in [3.8, 4) is 5.75 Å². The van der Waals surface area contributed by atoms with E-state index in [1.807, 2.05) is 30.3 Å². The maximum atomic E-state index is 12.9. The number of aliphatic imine (C=N–C) groups is 1. The molecule has 2 aromatic rings. The number of hydrogen-bond acceptors (Lipinski definition) is 4. The Morgan fingerprint density at radius 1 is 1.04 bits per heavy atom. The summed E-state index contributed by atoms with van der Waals surface area (Å²) in [5, 5.41) is 8.76. The Balaban J connectivity index is 0.00000392. The largest absolute Gasteiger partial charge is 0.492 e. The van der Waals surface area contributed by atoms with Crippen molar-refractivity contribution in [2.75, 3.05) is 38.6 Å². The minimum Gasteiger partial charge on any atom is -0.492 e. The van der Waals surface area contributed by atoms with Gasteiger partial charge in [-0.3, -0.25) is 4.99 Å². The van der Waals surface area contributed by atoms with Crippen LogP contribution in [-0.2, 0) is 6.18 Å². The third-order valence-electron chi connectivity index (χ3n) is 3.45. The number of anilines is 1. The highest BCUT2D eigenvalue weighted by Crippen LogP contribution is 2.33. The highest BCUT2D eigenvalue weighted by molar-refractivity contribution is 14.0. The van der Waals surface area contributed by atoms with Crippen LogP contribution in [0.15, 0.2) is 53.7 Å². The van der Waals surface area contributed by atoms with Gasteiger partial charge in [-0.25, -0.2) is 4.98 Å². The molecule has 1 heterocycles. The molecular formula is C18H23F3IN5O. The molecule has 0 saturated heterocycles. The highest BCUT2D eigenvalue weighted by Gasteiger charge is 2.33. The zero-order chi connectivity index (χ0) is 19.5. The molecule has 6 nitrogen and oxygen atoms in total. The quantitative estimate of drug-likeness (QED) is 0.221. The highest BCUT2D eigenvalue weighted by atomic mass is 127. The molecule has 1 aromatic carbocycles. The van der Waals surface area contributed by atoms with Gasteiger partial charge >= 0.3 is 6.18 Å². The van der Waals surface area contributed by atoms with Crippen LogP contribution in [0.4, 0.5) is 19.0 Å². The zero-order valence-corrected chi connectivity index (χ0v) is 17.6. The monoisotopic (exact) mass is 509 g/mol. The van der Waals surface area contributed by atoms with E-state index in [1.165, 1.54) is 12.3 Å². The van der Waals surface area contributed by atoms with Crippen LogP contribution >= 0.6 is 24.0 Å². The Morgan fingerprint density at radius 3 is 2.43 bits per heavy atom. The molecule has 0 amide bonds. The Labute approximate surface area is 179 Å². The molecule has 10 heteroatoms. The first-order valence-corrected chi connectivity index (χ1v) is 8.39. The van der Waals surface area contributed by atoms with Crippen molar-refractivity contribution in [2.45, 2.75) is 6.18 Å². The predicted octanol–water partition coefficient (Wildman–Crippen LogP) is 3.37. The molecule has 3 N–H and O–H groups in total. The second-order valence-corrected chi connectivity index (χ2v) is 5.41. The summed E-state index contributed by atoms with van der Waals surface area (Å²) < 4.78 is 44.3. The van der Waals surface area contributed by atoms with Gasteiger partial charge in [0.1, 0.15) is 18.2 Å². The van der Waals surface area contributed by atoms with E-state index in [0.29, 0.717) is 25.7 Å². The van der Waals surface area contributed by atoms with Gasteiger partial charge in [0.15, 0.2) is 5.96 Å². The van der Waals surface area contributed by atoms with Crippen molar-refractivity contribution >= 4 is 35.8 Å². The lowest BCUT2D eigenvalue weighted by Crippen LogP contribution is -2.41. The molecule has 0 spiro atoms. The van der Waals surface area contributed by atoms with Gasteiger partial charge in [0.2, 0.25) is 0 Å². The fourth-order valence-electron chi connectivity index (χ4n) is 2.21. The van der Waals surface area contributed by atoms with Gasteiger partial charge < -0.3 is 20.7 Å². The van der Waals surface area contributed by atoms with Gasteiger partial charge in [-0.2, -0.15) is 13.2 Å². The summed E-state index contributed by atoms with van der Waals surface area (Å²) in [6, 6.07) is 11.7. The number of alkyl halides is 3. The lowest BCUT2D eigenvalue weighted by Gasteiger charge is -2.15. The third kappa shape index (κ3) is 8.19. The molecule has 28 heavy (non-hydrogen) atoms. The van der Waals surface area contributed by atoms with Crippen LogP contribution in [0.2, 0.25) is 0 Å². The number of ether oxygens (including phenoxy) is 1. The number of nitrogens with zero attached hydrogens (tertiary/aromatic N) is 2. The van der Waals surface area contributed by atoms with Crippen molar-refractivity contribution in [1.29, 1.82) is 0 Å². The number of nitrogens with one attached hydrogen (secondary N) is 3. The number of benzene rings is 1. The fourth-order valence-corrected chi connectivity index (χ4v) is 2.21. The smallest absolute Gasteiger partial charge is 0.419 e. The molecular weight excluding hydrogens is 486 g/mol. The first-order chi connectivity index (χ1) is 13.0. The average Bonchev–Trinajstić information content (AvgIpc) is 2.67. The van der Waals surface area contributed by atoms with Crippen LogP contribution in [0.25, 0.3) is 0 Å². The first kappa shape index (κ1) is 23.8. The molecule has 0 radical (unpaired) electrons. The number of guanidine groups is 1. The van der Waals surface area contributed by atoms with E-state index in [-0.39, 0.29) is 36.3 Å². The van der Waals surface area contributed by atoms with Gasteiger partial charge in [0.05, 0.1) is 12.1 Å². The van der Waals surface area contributed by atoms with Crippen LogP contribution in [0.3, 0.4) is 0 Å². The van der Waals surface area contributed by atoms with E-state index in [9.17, 15) is 13.2 Å². The fraction of sp³-hybridized carbons (Fsp3) is 0.333. The number of para-hydroxylation sites is 1. The van der Waals surface area contributed by atoms with Crippen LogP contribution in [0.1, 0.15) is 5.56 Å². The van der Waals surface area contributed by atoms with E-state index in [4.69, 9.17) is 4.74 Å². The molecule has 0 saturated carbocycles. The number of pyridine rings is 1. The third-order valence-corrected chi connectivity index (χ3v) is 3.45. The zero-order valence-electron chi connectivity index (χ0n) is 15.3. The number of hydrogen-bond donors (Lipinski definition) is 3. The standard InChI is InChI=1S/C18H22F3N5O.HI/c1-22-17(26-12-13-27-14-6-3-2-4-7-14)25-11-10-24-16-15(18(19,20)21)8-5-9-23-16;/h2-9H,10-13H2,1H3,(H,23,24)(H2,22,25,26);1H. The molecule has 0 aliphatic heterocycles. The van der Waals surface area contributed by atoms with E-state index < -0.39 is 11.7 Å². The van der Waals surface area contributed by atoms with Gasteiger partial charge in [-0.1, -0.05) is 18.2 Å². The predicted molar refractivity (Wildman–Crippen MR) is 114 cm³/mol. The maximum absolute atomic E-state index is 12.9. The van der Waals surface area contributed by atoms with E-state index >= 15 is 0 Å². The summed E-state index contributed by atoms with van der Waals surface area (Å²) in [5.74, 6) is 1.12. The summed E-state index contributed by atoms with van der Waals surface area (Å²) in [5.41, 5.74) is -0.787. The molecule has 0 unspecified atom stereocenters. The maximum Gasteiger partial charge on any atom is 0.419 e. The Morgan fingerprint density at radius 2 is 1.75 bits per heavy atom. The van der Waals surface area contributed by atoms with Gasteiger partial charge in [0.25, 0.3) is 0 Å². The topological polar surface area (TPSA) is 70.6 Å². The summed E-state index contributed by atoms with van der Waals surface area (Å²) in [6.07, 6.45) is -3.13. The molecule has 0 aliphatic rings. The minimum absolute atomic E-state index is 0. The molecule has 0 fully saturated rings. The second-order valence-electron chi connectivity index (χ2n) is 5.41. The van der Waals surface area contributed by atoms with E-state index in [1.54, 1.807) is 7.05 Å². The molecule has 154 valence electrons. The van der Waals surface area contributed by atoms with E-state index in [0.717, 1.165) is 11.8 Å². The van der Waals surface area contributed by atoms with Crippen molar-refractivity contribution in [3.05, 3.63) is 54.2 Å². The SMILES string of the molecule is CN=C(NCCNc1ncccc1C(F)(F)F)NCCOc1ccccc1.I. The van der Waals surface area contributed by atoms with Crippen LogP contribution in [-0.4, -0.2) is 44.2 Å². The number of rotatable bonds is 8. The van der Waals surface area contributed by atoms with Crippen molar-refractivity contribution in [3.63, 3.8) is 0 Å². The molecule has 1 aromatic heterocycles. The molecule has 0 aliphatic carbocycles. The van der Waals surface area contributed by atoms with Crippen molar-refractivity contribution in [1.82, 2.24) is 15.6 Å². The lowest BCUT2D eigenvalue weighted by molar-refractivity contribution is -0.137. The Hall–Kier alpha value is -2.24. The number of halogens is 4. The first-order valence-electron chi connectivity index (χ1n) is 8.39. The summed E-state index contributed by atoms with van der Waals surface area (Å²) in [7, 11) is 1.61. The van der Waals surface area contributed by atoms with Crippen molar-refractivity contribution < 1.29 is 17.9 Å². The van der Waals surface area contributed by atoms with Crippen LogP contribution in [0.5, 0.6) is 5.75 Å². The summed E-state index contributed by atoms with van der Waals surface area (Å²) >= 11 is 0.